The number of fused-ring (bicyclic) bond motifs is 4. The first-order chi connectivity index (χ1) is 14.7. The van der Waals surface area contributed by atoms with Crippen LogP contribution in [0.5, 0.6) is 11.5 Å². The summed E-state index contributed by atoms with van der Waals surface area (Å²) < 4.78 is 18.4. The van der Waals surface area contributed by atoms with E-state index in [2.05, 4.69) is 20.8 Å². The number of rotatable bonds is 4. The summed E-state index contributed by atoms with van der Waals surface area (Å²) in [5.41, 5.74) is 3.79. The first kappa shape index (κ1) is 17.1. The quantitative estimate of drug-likeness (QED) is 0.549. The van der Waals surface area contributed by atoms with E-state index in [1.165, 1.54) is 0 Å². The van der Waals surface area contributed by atoms with Gasteiger partial charge in [0.15, 0.2) is 11.5 Å². The summed E-state index contributed by atoms with van der Waals surface area (Å²) in [4.78, 5) is 15.7. The number of aromatic nitrogens is 3. The average Bonchev–Trinajstić information content (AvgIpc) is 3.51. The van der Waals surface area contributed by atoms with Crippen LogP contribution in [0, 0.1) is 0 Å². The van der Waals surface area contributed by atoms with Crippen LogP contribution < -0.4 is 9.47 Å². The molecule has 1 N–H and O–H groups in total. The Morgan fingerprint density at radius 3 is 2.87 bits per heavy atom. The van der Waals surface area contributed by atoms with Crippen LogP contribution in [0.3, 0.4) is 0 Å². The molecule has 0 radical (unpaired) electrons. The highest BCUT2D eigenvalue weighted by Gasteiger charge is 2.27. The van der Waals surface area contributed by atoms with Crippen LogP contribution in [0.2, 0.25) is 0 Å². The van der Waals surface area contributed by atoms with Crippen LogP contribution in [0.25, 0.3) is 33.7 Å². The van der Waals surface area contributed by atoms with Gasteiger partial charge < -0.3 is 23.7 Å². The average molecular weight is 403 g/mol. The van der Waals surface area contributed by atoms with Gasteiger partial charge in [0.05, 0.1) is 6.42 Å². The molecule has 2 aromatic carbocycles. The van der Waals surface area contributed by atoms with Crippen molar-refractivity contribution >= 4 is 16.9 Å². The van der Waals surface area contributed by atoms with Crippen LogP contribution in [-0.2, 0) is 11.3 Å². The molecular weight excluding hydrogens is 386 g/mol. The molecule has 0 bridgehead atoms. The first-order valence-corrected chi connectivity index (χ1v) is 9.75. The second-order valence-electron chi connectivity index (χ2n) is 7.57. The van der Waals surface area contributed by atoms with Gasteiger partial charge in [-0.1, -0.05) is 5.16 Å². The van der Waals surface area contributed by atoms with E-state index in [9.17, 15) is 4.79 Å². The number of aryl methyl sites for hydroxylation is 1. The maximum atomic E-state index is 11.2. The lowest BCUT2D eigenvalue weighted by Crippen LogP contribution is -2.02. The Kier molecular flexibility index (Phi) is 3.61. The van der Waals surface area contributed by atoms with Gasteiger partial charge >= 0.3 is 5.97 Å². The largest absolute Gasteiger partial charge is 0.481 e. The van der Waals surface area contributed by atoms with Gasteiger partial charge in [-0.25, -0.2) is 0 Å². The minimum atomic E-state index is -0.762. The van der Waals surface area contributed by atoms with E-state index in [1.807, 2.05) is 36.4 Å². The molecule has 0 unspecified atom stereocenters. The van der Waals surface area contributed by atoms with Crippen molar-refractivity contribution in [2.75, 3.05) is 6.79 Å². The number of hydrogen-bond donors (Lipinski definition) is 1. The SMILES string of the molecule is O=C(O)C[C@@H]1CCn2c1cc1cc(-c3noc(-c4ccc5c(c4)OCO5)n3)ccc12. The Balaban J connectivity index is 1.34. The predicted molar refractivity (Wildman–Crippen MR) is 106 cm³/mol. The third kappa shape index (κ3) is 2.64. The molecule has 2 aliphatic rings. The lowest BCUT2D eigenvalue weighted by Gasteiger charge is -2.04. The number of benzene rings is 2. The molecule has 4 aromatic rings. The summed E-state index contributed by atoms with van der Waals surface area (Å²) in [5.74, 6) is 1.56. The fraction of sp³-hybridized carbons (Fsp3) is 0.227. The molecule has 0 fully saturated rings. The summed E-state index contributed by atoms with van der Waals surface area (Å²) in [6, 6.07) is 13.6. The fourth-order valence-corrected chi connectivity index (χ4v) is 4.36. The normalized spacial score (nSPS) is 16.9. The molecule has 8 heteroatoms. The number of ether oxygens (including phenoxy) is 2. The minimum absolute atomic E-state index is 0.0566. The van der Waals surface area contributed by atoms with Crippen molar-refractivity contribution in [1.29, 1.82) is 0 Å². The summed E-state index contributed by atoms with van der Waals surface area (Å²) >= 11 is 0. The third-order valence-electron chi connectivity index (χ3n) is 5.78. The summed E-state index contributed by atoms with van der Waals surface area (Å²) in [7, 11) is 0. The van der Waals surface area contributed by atoms with E-state index in [1.54, 1.807) is 0 Å². The number of hydrogen-bond acceptors (Lipinski definition) is 6. The molecule has 0 aliphatic carbocycles. The number of aliphatic carboxylic acids is 1. The maximum absolute atomic E-state index is 11.2. The van der Waals surface area contributed by atoms with Crippen molar-refractivity contribution in [2.24, 2.45) is 0 Å². The van der Waals surface area contributed by atoms with Crippen molar-refractivity contribution in [3.05, 3.63) is 48.2 Å². The molecule has 0 saturated heterocycles. The maximum Gasteiger partial charge on any atom is 0.304 e. The highest BCUT2D eigenvalue weighted by Crippen LogP contribution is 2.38. The molecule has 4 heterocycles. The van der Waals surface area contributed by atoms with Crippen molar-refractivity contribution in [3.63, 3.8) is 0 Å². The highest BCUT2D eigenvalue weighted by atomic mass is 16.7. The molecule has 2 aliphatic heterocycles. The van der Waals surface area contributed by atoms with Crippen molar-refractivity contribution < 1.29 is 23.9 Å². The Morgan fingerprint density at radius 2 is 1.97 bits per heavy atom. The zero-order chi connectivity index (χ0) is 20.2. The highest BCUT2D eigenvalue weighted by molar-refractivity contribution is 5.86. The molecule has 8 nitrogen and oxygen atoms in total. The number of carboxylic acids is 1. The second kappa shape index (κ2) is 6.35. The van der Waals surface area contributed by atoms with Crippen molar-refractivity contribution in [2.45, 2.75) is 25.3 Å². The molecule has 6 rings (SSSR count). The number of carbonyl (C=O) groups is 1. The number of carboxylic acid groups (broad SMARTS) is 1. The molecule has 1 atom stereocenters. The van der Waals surface area contributed by atoms with Gasteiger partial charge in [-0.3, -0.25) is 4.79 Å². The van der Waals surface area contributed by atoms with E-state index in [-0.39, 0.29) is 19.1 Å². The Morgan fingerprint density at radius 1 is 1.10 bits per heavy atom. The standard InChI is InChI=1S/C22H17N3O5/c26-20(27)10-12-5-6-25-16-3-1-13(7-15(16)8-17(12)25)21-23-22(30-24-21)14-2-4-18-19(9-14)29-11-28-18/h1-4,7-9,12H,5-6,10-11H2,(H,26,27)/t12-/m0/s1. The zero-order valence-electron chi connectivity index (χ0n) is 15.9. The zero-order valence-corrected chi connectivity index (χ0v) is 15.9. The van der Waals surface area contributed by atoms with Crippen LogP contribution in [0.15, 0.2) is 47.0 Å². The van der Waals surface area contributed by atoms with Crippen LogP contribution in [0.4, 0.5) is 0 Å². The van der Waals surface area contributed by atoms with Gasteiger partial charge in [0, 0.05) is 40.2 Å². The third-order valence-corrected chi connectivity index (χ3v) is 5.78. The monoisotopic (exact) mass is 403 g/mol. The van der Waals surface area contributed by atoms with E-state index in [0.29, 0.717) is 23.2 Å². The predicted octanol–water partition coefficient (Wildman–Crippen LogP) is 4.05. The van der Waals surface area contributed by atoms with Crippen LogP contribution in [-0.4, -0.2) is 32.6 Å². The van der Waals surface area contributed by atoms with Gasteiger partial charge in [-0.15, -0.1) is 0 Å². The summed E-state index contributed by atoms with van der Waals surface area (Å²) in [6.45, 7) is 1.05. The van der Waals surface area contributed by atoms with Crippen molar-refractivity contribution in [3.8, 4) is 34.3 Å². The van der Waals surface area contributed by atoms with Gasteiger partial charge in [-0.2, -0.15) is 4.98 Å². The van der Waals surface area contributed by atoms with E-state index < -0.39 is 5.97 Å². The van der Waals surface area contributed by atoms with E-state index >= 15 is 0 Å². The molecule has 0 saturated carbocycles. The van der Waals surface area contributed by atoms with Crippen LogP contribution >= 0.6 is 0 Å². The van der Waals surface area contributed by atoms with E-state index in [0.717, 1.165) is 40.7 Å². The smallest absolute Gasteiger partial charge is 0.304 e. The molecule has 0 amide bonds. The Hall–Kier alpha value is -3.81. The van der Waals surface area contributed by atoms with Crippen molar-refractivity contribution in [1.82, 2.24) is 14.7 Å². The van der Waals surface area contributed by atoms with E-state index in [4.69, 9.17) is 19.1 Å². The molecule has 30 heavy (non-hydrogen) atoms. The molecular formula is C22H17N3O5. The number of nitrogens with zero attached hydrogens (tertiary/aromatic N) is 3. The molecule has 150 valence electrons. The van der Waals surface area contributed by atoms with Gasteiger partial charge in [-0.05, 0) is 48.9 Å². The van der Waals surface area contributed by atoms with Gasteiger partial charge in [0.1, 0.15) is 0 Å². The Bertz CT molecular complexity index is 1310. The summed E-state index contributed by atoms with van der Waals surface area (Å²) in [5, 5.41) is 14.4. The minimum Gasteiger partial charge on any atom is -0.481 e. The van der Waals surface area contributed by atoms with Gasteiger partial charge in [0.2, 0.25) is 12.6 Å². The molecule has 2 aromatic heterocycles. The lowest BCUT2D eigenvalue weighted by atomic mass is 10.0. The fourth-order valence-electron chi connectivity index (χ4n) is 4.36. The first-order valence-electron chi connectivity index (χ1n) is 9.75. The lowest BCUT2D eigenvalue weighted by molar-refractivity contribution is -0.137. The summed E-state index contributed by atoms with van der Waals surface area (Å²) in [6.07, 6.45) is 1.02. The molecule has 0 spiro atoms. The van der Waals surface area contributed by atoms with Crippen LogP contribution in [0.1, 0.15) is 24.5 Å². The second-order valence-corrected chi connectivity index (χ2v) is 7.57. The van der Waals surface area contributed by atoms with Gasteiger partial charge in [0.25, 0.3) is 5.89 Å². The Labute approximate surface area is 170 Å². The topological polar surface area (TPSA) is 99.6 Å².